The normalized spacial score (nSPS) is 30.5. The molecule has 0 radical (unpaired) electrons. The Hall–Kier alpha value is -2.63. The first-order chi connectivity index (χ1) is 16.2. The third-order valence-electron chi connectivity index (χ3n) is 8.80. The van der Waals surface area contributed by atoms with Gasteiger partial charge in [0.1, 0.15) is 5.69 Å². The third-order valence-corrected chi connectivity index (χ3v) is 8.80. The number of fused-ring (bicyclic) bond motifs is 1. The van der Waals surface area contributed by atoms with Crippen LogP contribution in [0.5, 0.6) is 0 Å². The van der Waals surface area contributed by atoms with Crippen LogP contribution in [0.3, 0.4) is 0 Å². The minimum Gasteiger partial charge on any atom is -0.334 e. The molecule has 3 aliphatic rings. The zero-order valence-corrected chi connectivity index (χ0v) is 21.2. The van der Waals surface area contributed by atoms with Crippen LogP contribution in [0, 0.1) is 5.41 Å². The summed E-state index contributed by atoms with van der Waals surface area (Å²) < 4.78 is 1.76. The molecule has 1 saturated carbocycles. The molecule has 1 aromatic heterocycles. The van der Waals surface area contributed by atoms with Crippen molar-refractivity contribution in [3.05, 3.63) is 53.3 Å². The molecule has 5 rings (SSSR count). The lowest BCUT2D eigenvalue weighted by molar-refractivity contribution is -0.141. The van der Waals surface area contributed by atoms with E-state index in [1.54, 1.807) is 11.6 Å². The number of rotatable bonds is 4. The Morgan fingerprint density at radius 3 is 2.32 bits per heavy atom. The van der Waals surface area contributed by atoms with E-state index >= 15 is 0 Å². The first-order valence-corrected chi connectivity index (χ1v) is 12.9. The van der Waals surface area contributed by atoms with Crippen LogP contribution in [-0.4, -0.2) is 55.6 Å². The average Bonchev–Trinajstić information content (AvgIpc) is 3.25. The van der Waals surface area contributed by atoms with E-state index in [4.69, 9.17) is 0 Å². The number of nitrogens with zero attached hydrogens (tertiary/aromatic N) is 4. The second-order valence-corrected chi connectivity index (χ2v) is 11.2. The summed E-state index contributed by atoms with van der Waals surface area (Å²) in [5.74, 6) is 0.480. The maximum absolute atomic E-state index is 14.2. The molecule has 2 aromatic rings. The Morgan fingerprint density at radius 2 is 1.74 bits per heavy atom. The maximum Gasteiger partial charge on any atom is 0.272 e. The fraction of sp³-hybridized carbons (Fsp3) is 0.607. The Kier molecular flexibility index (Phi) is 5.81. The van der Waals surface area contributed by atoms with Gasteiger partial charge in [0.05, 0.1) is 17.8 Å². The summed E-state index contributed by atoms with van der Waals surface area (Å²) in [6, 6.07) is 12.7. The van der Waals surface area contributed by atoms with Crippen LogP contribution in [-0.2, 0) is 18.3 Å². The van der Waals surface area contributed by atoms with Crippen LogP contribution in [0.2, 0.25) is 0 Å². The molecule has 34 heavy (non-hydrogen) atoms. The second kappa shape index (κ2) is 8.54. The van der Waals surface area contributed by atoms with Gasteiger partial charge in [0.2, 0.25) is 5.91 Å². The summed E-state index contributed by atoms with van der Waals surface area (Å²) in [6.45, 7) is 8.27. The summed E-state index contributed by atoms with van der Waals surface area (Å²) in [5.41, 5.74) is 2.75. The number of hydrogen-bond donors (Lipinski definition) is 0. The Bertz CT molecular complexity index is 1080. The van der Waals surface area contributed by atoms with Gasteiger partial charge in [-0.2, -0.15) is 5.10 Å². The highest BCUT2D eigenvalue weighted by atomic mass is 16.2. The largest absolute Gasteiger partial charge is 0.334 e. The lowest BCUT2D eigenvalue weighted by atomic mass is 9.69. The van der Waals surface area contributed by atoms with Crippen LogP contribution in [0.25, 0.3) is 0 Å². The molecule has 182 valence electrons. The SMILES string of the molecule is CC(=O)N1[C@@H](Cc2ccccc2)[C@@H]2C[C@@]3(C)[C@H](CCCC[C@@H]13)N2C(=O)c1cc(C(C)C)nn1C. The molecule has 2 amide bonds. The third kappa shape index (κ3) is 3.57. The molecule has 2 aliphatic heterocycles. The van der Waals surface area contributed by atoms with Crippen molar-refractivity contribution in [2.24, 2.45) is 12.5 Å². The number of hydrogen-bond acceptors (Lipinski definition) is 3. The number of likely N-dealkylation sites (tertiary alicyclic amines) is 2. The number of benzene rings is 1. The number of aryl methyl sites for hydroxylation is 1. The van der Waals surface area contributed by atoms with Crippen molar-refractivity contribution >= 4 is 11.8 Å². The molecule has 5 atom stereocenters. The zero-order chi connectivity index (χ0) is 24.2. The summed E-state index contributed by atoms with van der Waals surface area (Å²) in [7, 11) is 1.88. The molecule has 0 N–H and O–H groups in total. The molecule has 2 saturated heterocycles. The van der Waals surface area contributed by atoms with Crippen molar-refractivity contribution in [2.45, 2.75) is 96.3 Å². The summed E-state index contributed by atoms with van der Waals surface area (Å²) in [5, 5.41) is 4.64. The quantitative estimate of drug-likeness (QED) is 0.670. The number of aromatic nitrogens is 2. The standard InChI is InChI=1S/C28H38N4O2/c1-18(2)21-16-23(30(5)29-21)27(34)32-24-17-28(4)25(13-9-10-14-26(28)32)31(19(3)33)22(24)15-20-11-7-6-8-12-20/h6-8,11-12,16,18,22,24-26H,9-10,13-15,17H2,1-5H3/t22-,24-,25+,26-,28+/m0/s1. The maximum atomic E-state index is 14.2. The Balaban J connectivity index is 1.60. The van der Waals surface area contributed by atoms with E-state index in [-0.39, 0.29) is 47.3 Å². The van der Waals surface area contributed by atoms with Crippen molar-refractivity contribution in [1.29, 1.82) is 0 Å². The first kappa shape index (κ1) is 23.1. The molecule has 0 unspecified atom stereocenters. The summed E-state index contributed by atoms with van der Waals surface area (Å²) in [6.07, 6.45) is 5.98. The highest BCUT2D eigenvalue weighted by Gasteiger charge is 2.63. The van der Waals surface area contributed by atoms with E-state index in [2.05, 4.69) is 59.9 Å². The van der Waals surface area contributed by atoms with Gasteiger partial charge in [0.25, 0.3) is 5.91 Å². The number of piperidine rings is 1. The van der Waals surface area contributed by atoms with Crippen LogP contribution in [0.1, 0.15) is 87.5 Å². The lowest BCUT2D eigenvalue weighted by Crippen LogP contribution is -2.61. The molecule has 6 nitrogen and oxygen atoms in total. The summed E-state index contributed by atoms with van der Waals surface area (Å²) >= 11 is 0. The van der Waals surface area contributed by atoms with Gasteiger partial charge in [0, 0.05) is 31.5 Å². The van der Waals surface area contributed by atoms with E-state index < -0.39 is 0 Å². The molecule has 2 bridgehead atoms. The highest BCUT2D eigenvalue weighted by molar-refractivity contribution is 5.94. The van der Waals surface area contributed by atoms with E-state index in [0.717, 1.165) is 44.2 Å². The van der Waals surface area contributed by atoms with Crippen molar-refractivity contribution in [3.63, 3.8) is 0 Å². The van der Waals surface area contributed by atoms with Crippen LogP contribution >= 0.6 is 0 Å². The van der Waals surface area contributed by atoms with Gasteiger partial charge in [-0.1, -0.05) is 63.9 Å². The molecule has 1 aliphatic carbocycles. The Morgan fingerprint density at radius 1 is 1.09 bits per heavy atom. The van der Waals surface area contributed by atoms with E-state index in [0.29, 0.717) is 5.69 Å². The first-order valence-electron chi connectivity index (χ1n) is 12.9. The molecule has 6 heteroatoms. The average molecular weight is 463 g/mol. The second-order valence-electron chi connectivity index (χ2n) is 11.2. The molecular formula is C28H38N4O2. The van der Waals surface area contributed by atoms with Crippen LogP contribution < -0.4 is 0 Å². The van der Waals surface area contributed by atoms with Gasteiger partial charge in [-0.25, -0.2) is 0 Å². The van der Waals surface area contributed by atoms with Crippen molar-refractivity contribution in [2.75, 3.05) is 0 Å². The molecule has 3 fully saturated rings. The van der Waals surface area contributed by atoms with Crippen molar-refractivity contribution in [3.8, 4) is 0 Å². The van der Waals surface area contributed by atoms with Crippen molar-refractivity contribution < 1.29 is 9.59 Å². The van der Waals surface area contributed by atoms with Gasteiger partial charge in [-0.05, 0) is 43.2 Å². The van der Waals surface area contributed by atoms with E-state index in [1.165, 1.54) is 5.56 Å². The molecule has 3 heterocycles. The minimum absolute atomic E-state index is 0.0113. The zero-order valence-electron chi connectivity index (χ0n) is 21.2. The fourth-order valence-corrected chi connectivity index (χ4v) is 7.20. The molecule has 1 aromatic carbocycles. The number of carbonyl (C=O) groups is 2. The topological polar surface area (TPSA) is 58.4 Å². The van der Waals surface area contributed by atoms with Gasteiger partial charge in [-0.3, -0.25) is 14.3 Å². The monoisotopic (exact) mass is 462 g/mol. The van der Waals surface area contributed by atoms with Gasteiger partial charge in [-0.15, -0.1) is 0 Å². The molecule has 0 spiro atoms. The number of amides is 2. The predicted molar refractivity (Wildman–Crippen MR) is 132 cm³/mol. The van der Waals surface area contributed by atoms with Gasteiger partial charge < -0.3 is 9.80 Å². The fourth-order valence-electron chi connectivity index (χ4n) is 7.20. The van der Waals surface area contributed by atoms with E-state index in [1.807, 2.05) is 19.2 Å². The van der Waals surface area contributed by atoms with Crippen LogP contribution in [0.4, 0.5) is 0 Å². The Labute approximate surface area is 203 Å². The van der Waals surface area contributed by atoms with Gasteiger partial charge in [0.15, 0.2) is 0 Å². The van der Waals surface area contributed by atoms with Crippen molar-refractivity contribution in [1.82, 2.24) is 19.6 Å². The van der Waals surface area contributed by atoms with Crippen LogP contribution in [0.15, 0.2) is 36.4 Å². The highest BCUT2D eigenvalue weighted by Crippen LogP contribution is 2.56. The minimum atomic E-state index is -0.0743. The smallest absolute Gasteiger partial charge is 0.272 e. The lowest BCUT2D eigenvalue weighted by Gasteiger charge is -2.50. The van der Waals surface area contributed by atoms with Gasteiger partial charge >= 0.3 is 0 Å². The van der Waals surface area contributed by atoms with E-state index in [9.17, 15) is 9.59 Å². The summed E-state index contributed by atoms with van der Waals surface area (Å²) in [4.78, 5) is 31.8. The molecular weight excluding hydrogens is 424 g/mol. The number of carbonyl (C=O) groups excluding carboxylic acids is 2. The predicted octanol–water partition coefficient (Wildman–Crippen LogP) is 4.55.